The highest BCUT2D eigenvalue weighted by atomic mass is 16.5. The first-order valence-corrected chi connectivity index (χ1v) is 7.71. The summed E-state index contributed by atoms with van der Waals surface area (Å²) in [6.45, 7) is 6.25. The Hall–Kier alpha value is -2.04. The molecule has 5 nitrogen and oxygen atoms in total. The Kier molecular flexibility index (Phi) is 5.06. The summed E-state index contributed by atoms with van der Waals surface area (Å²) < 4.78 is 5.58. The minimum Gasteiger partial charge on any atom is -0.492 e. The van der Waals surface area contributed by atoms with Gasteiger partial charge in [-0.15, -0.1) is 0 Å². The molecule has 1 aliphatic heterocycles. The zero-order valence-corrected chi connectivity index (χ0v) is 13.3. The molecular formula is C17H23NO4. The molecule has 0 spiro atoms. The highest BCUT2D eigenvalue weighted by molar-refractivity contribution is 5.89. The number of carbonyl (C=O) groups is 2. The number of ether oxygens (including phenoxy) is 1. The molecule has 2 atom stereocenters. The number of hydrogen-bond donors (Lipinski definition) is 2. The van der Waals surface area contributed by atoms with Gasteiger partial charge in [-0.25, -0.2) is 4.79 Å². The summed E-state index contributed by atoms with van der Waals surface area (Å²) in [7, 11) is 0. The molecule has 1 unspecified atom stereocenters. The first-order chi connectivity index (χ1) is 10.4. The van der Waals surface area contributed by atoms with Gasteiger partial charge in [0.05, 0.1) is 0 Å². The first kappa shape index (κ1) is 16.3. The van der Waals surface area contributed by atoms with Crippen LogP contribution in [0.3, 0.4) is 0 Å². The van der Waals surface area contributed by atoms with Crippen LogP contribution in [0.5, 0.6) is 5.75 Å². The van der Waals surface area contributed by atoms with Crippen molar-refractivity contribution in [3.63, 3.8) is 0 Å². The molecule has 1 amide bonds. The zero-order chi connectivity index (χ0) is 16.3. The number of fused-ring (bicyclic) bond motifs is 1. The first-order valence-electron chi connectivity index (χ1n) is 7.71. The average Bonchev–Trinajstić information content (AvgIpc) is 2.86. The summed E-state index contributed by atoms with van der Waals surface area (Å²) in [4.78, 5) is 23.7. The molecule has 1 aromatic rings. The molecule has 0 saturated heterocycles. The number of benzene rings is 1. The van der Waals surface area contributed by atoms with Crippen molar-refractivity contribution in [3.8, 4) is 5.75 Å². The van der Waals surface area contributed by atoms with E-state index in [-0.39, 0.29) is 12.5 Å². The smallest absolute Gasteiger partial charge is 0.326 e. The van der Waals surface area contributed by atoms with Crippen molar-refractivity contribution in [2.75, 3.05) is 6.61 Å². The van der Waals surface area contributed by atoms with Gasteiger partial charge in [-0.05, 0) is 37.5 Å². The van der Waals surface area contributed by atoms with Gasteiger partial charge < -0.3 is 15.2 Å². The van der Waals surface area contributed by atoms with Crippen LogP contribution in [0.2, 0.25) is 0 Å². The Morgan fingerprint density at radius 3 is 2.68 bits per heavy atom. The largest absolute Gasteiger partial charge is 0.492 e. The monoisotopic (exact) mass is 305 g/mol. The third-order valence-electron chi connectivity index (χ3n) is 4.18. The van der Waals surface area contributed by atoms with E-state index in [1.807, 2.05) is 32.9 Å². The lowest BCUT2D eigenvalue weighted by Crippen LogP contribution is -2.43. The zero-order valence-electron chi connectivity index (χ0n) is 13.3. The molecule has 0 fully saturated rings. The number of hydrogen-bond acceptors (Lipinski definition) is 3. The van der Waals surface area contributed by atoms with Crippen molar-refractivity contribution in [1.29, 1.82) is 0 Å². The molecule has 0 aliphatic carbocycles. The fraction of sp³-hybridized carbons (Fsp3) is 0.529. The van der Waals surface area contributed by atoms with E-state index < -0.39 is 17.9 Å². The van der Waals surface area contributed by atoms with Crippen molar-refractivity contribution < 1.29 is 19.4 Å². The van der Waals surface area contributed by atoms with Crippen LogP contribution >= 0.6 is 0 Å². The van der Waals surface area contributed by atoms with Crippen LogP contribution in [0.4, 0.5) is 0 Å². The highest BCUT2D eigenvalue weighted by Crippen LogP contribution is 2.36. The Morgan fingerprint density at radius 2 is 2.05 bits per heavy atom. The van der Waals surface area contributed by atoms with E-state index >= 15 is 0 Å². The molecule has 2 rings (SSSR count). The Morgan fingerprint density at radius 1 is 1.36 bits per heavy atom. The van der Waals surface area contributed by atoms with Gasteiger partial charge in [0.2, 0.25) is 5.91 Å². The maximum Gasteiger partial charge on any atom is 0.326 e. The van der Waals surface area contributed by atoms with E-state index in [1.54, 1.807) is 0 Å². The molecule has 0 saturated carbocycles. The topological polar surface area (TPSA) is 75.6 Å². The van der Waals surface area contributed by atoms with Crippen molar-refractivity contribution in [1.82, 2.24) is 5.32 Å². The van der Waals surface area contributed by atoms with E-state index in [2.05, 4.69) is 5.32 Å². The number of carboxylic acids is 1. The second-order valence-electron chi connectivity index (χ2n) is 5.88. The normalized spacial score (nSPS) is 17.5. The lowest BCUT2D eigenvalue weighted by atomic mass is 9.96. The second-order valence-corrected chi connectivity index (χ2v) is 5.88. The van der Waals surface area contributed by atoms with Gasteiger partial charge in [0, 0.05) is 5.56 Å². The molecule has 5 heteroatoms. The summed E-state index contributed by atoms with van der Waals surface area (Å²) in [5.41, 5.74) is 3.06. The van der Waals surface area contributed by atoms with Crippen LogP contribution < -0.4 is 10.1 Å². The third kappa shape index (κ3) is 3.40. The second kappa shape index (κ2) is 6.81. The number of unbranched alkanes of at least 4 members (excludes halogenated alkanes) is 1. The van der Waals surface area contributed by atoms with E-state index in [1.165, 1.54) is 0 Å². The molecule has 2 N–H and O–H groups in total. The molecule has 1 aromatic carbocycles. The van der Waals surface area contributed by atoms with Crippen LogP contribution in [-0.2, 0) is 9.59 Å². The Balaban J connectivity index is 2.12. The number of nitrogens with one attached hydrogen (secondary N) is 1. The van der Waals surface area contributed by atoms with Crippen LogP contribution in [-0.4, -0.2) is 29.6 Å². The lowest BCUT2D eigenvalue weighted by molar-refractivity contribution is -0.142. The Labute approximate surface area is 130 Å². The number of aliphatic carboxylic acids is 1. The van der Waals surface area contributed by atoms with Crippen molar-refractivity contribution >= 4 is 11.9 Å². The van der Waals surface area contributed by atoms with E-state index in [0.29, 0.717) is 6.42 Å². The van der Waals surface area contributed by atoms with Gasteiger partial charge in [0.25, 0.3) is 0 Å². The number of carboxylic acid groups (broad SMARTS) is 1. The SMILES string of the molecule is CCCC[C@H](NC(=O)C1COc2cc(C)c(C)cc21)C(=O)O. The summed E-state index contributed by atoms with van der Waals surface area (Å²) in [6, 6.07) is 3.07. The molecular weight excluding hydrogens is 282 g/mol. The predicted molar refractivity (Wildman–Crippen MR) is 83.2 cm³/mol. The van der Waals surface area contributed by atoms with Crippen molar-refractivity contribution in [3.05, 3.63) is 28.8 Å². The van der Waals surface area contributed by atoms with Gasteiger partial charge in [0.1, 0.15) is 24.3 Å². The molecule has 0 radical (unpaired) electrons. The van der Waals surface area contributed by atoms with Gasteiger partial charge in [-0.3, -0.25) is 4.79 Å². The fourth-order valence-electron chi connectivity index (χ4n) is 2.63. The average molecular weight is 305 g/mol. The van der Waals surface area contributed by atoms with Crippen LogP contribution in [0.25, 0.3) is 0 Å². The number of rotatable bonds is 6. The maximum atomic E-state index is 12.4. The number of carbonyl (C=O) groups excluding carboxylic acids is 1. The standard InChI is InChI=1S/C17H23NO4/c1-4-5-6-14(17(20)21)18-16(19)13-9-22-15-8-11(3)10(2)7-12(13)15/h7-8,13-14H,4-6,9H2,1-3H3,(H,18,19)(H,20,21)/t13?,14-/m0/s1. The quantitative estimate of drug-likeness (QED) is 0.847. The van der Waals surface area contributed by atoms with E-state index in [0.717, 1.165) is 35.3 Å². The number of aryl methyl sites for hydroxylation is 2. The minimum absolute atomic E-state index is 0.268. The van der Waals surface area contributed by atoms with E-state index in [9.17, 15) is 14.7 Å². The van der Waals surface area contributed by atoms with E-state index in [4.69, 9.17) is 4.74 Å². The molecule has 1 heterocycles. The van der Waals surface area contributed by atoms with Crippen molar-refractivity contribution in [2.45, 2.75) is 52.0 Å². The molecule has 0 aromatic heterocycles. The van der Waals surface area contributed by atoms with Crippen molar-refractivity contribution in [2.24, 2.45) is 0 Å². The number of amides is 1. The predicted octanol–water partition coefficient (Wildman–Crippen LogP) is 2.54. The molecule has 1 aliphatic rings. The van der Waals surface area contributed by atoms with Gasteiger partial charge in [0.15, 0.2) is 0 Å². The highest BCUT2D eigenvalue weighted by Gasteiger charge is 2.33. The summed E-state index contributed by atoms with van der Waals surface area (Å²) in [6.07, 6.45) is 2.12. The molecule has 22 heavy (non-hydrogen) atoms. The maximum absolute atomic E-state index is 12.4. The van der Waals surface area contributed by atoms with Gasteiger partial charge >= 0.3 is 5.97 Å². The lowest BCUT2D eigenvalue weighted by Gasteiger charge is -2.17. The summed E-state index contributed by atoms with van der Waals surface area (Å²) >= 11 is 0. The molecule has 0 bridgehead atoms. The van der Waals surface area contributed by atoms with Crippen LogP contribution in [0.15, 0.2) is 12.1 Å². The van der Waals surface area contributed by atoms with Crippen LogP contribution in [0, 0.1) is 13.8 Å². The van der Waals surface area contributed by atoms with Crippen LogP contribution in [0.1, 0.15) is 48.8 Å². The summed E-state index contributed by atoms with van der Waals surface area (Å²) in [5, 5.41) is 11.9. The fourth-order valence-corrected chi connectivity index (χ4v) is 2.63. The third-order valence-corrected chi connectivity index (χ3v) is 4.18. The van der Waals surface area contributed by atoms with Gasteiger partial charge in [-0.1, -0.05) is 25.8 Å². The summed E-state index contributed by atoms with van der Waals surface area (Å²) in [5.74, 6) is -0.965. The Bertz CT molecular complexity index is 582. The molecule has 120 valence electrons. The minimum atomic E-state index is -0.985. The van der Waals surface area contributed by atoms with Gasteiger partial charge in [-0.2, -0.15) is 0 Å².